The molecule has 3 unspecified atom stereocenters. The largest absolute Gasteiger partial charge is 0.393 e. The van der Waals surface area contributed by atoms with Crippen molar-refractivity contribution in [3.63, 3.8) is 0 Å². The molecule has 2 aliphatic carbocycles. The van der Waals surface area contributed by atoms with Crippen LogP contribution in [0.4, 0.5) is 0 Å². The molecule has 0 saturated heterocycles. The van der Waals surface area contributed by atoms with Crippen LogP contribution < -0.4 is 11.5 Å². The molecule has 2 aliphatic rings. The first-order chi connectivity index (χ1) is 14.4. The Bertz CT molecular complexity index is 454. The van der Waals surface area contributed by atoms with Crippen LogP contribution in [0.1, 0.15) is 136 Å². The molecular formula is C27H54N2O. The predicted molar refractivity (Wildman–Crippen MR) is 130 cm³/mol. The Morgan fingerprint density at radius 2 is 1.37 bits per heavy atom. The lowest BCUT2D eigenvalue weighted by molar-refractivity contribution is -0.0677. The molecule has 0 aliphatic heterocycles. The fourth-order valence-electron chi connectivity index (χ4n) is 6.99. The van der Waals surface area contributed by atoms with Crippen LogP contribution in [0.2, 0.25) is 0 Å². The molecule has 3 heteroatoms. The van der Waals surface area contributed by atoms with Gasteiger partial charge < -0.3 is 16.6 Å². The van der Waals surface area contributed by atoms with Crippen LogP contribution in [0, 0.1) is 23.2 Å². The number of unbranched alkanes of at least 4 members (excludes halogenated alkanes) is 2. The second-order valence-corrected chi connectivity index (χ2v) is 11.2. The first-order valence-electron chi connectivity index (χ1n) is 13.6. The van der Waals surface area contributed by atoms with E-state index >= 15 is 0 Å². The summed E-state index contributed by atoms with van der Waals surface area (Å²) >= 11 is 0. The maximum atomic E-state index is 11.3. The summed E-state index contributed by atoms with van der Waals surface area (Å²) in [6.45, 7) is 6.85. The van der Waals surface area contributed by atoms with E-state index in [9.17, 15) is 5.11 Å². The van der Waals surface area contributed by atoms with E-state index in [4.69, 9.17) is 11.5 Å². The van der Waals surface area contributed by atoms with Crippen LogP contribution in [0.25, 0.3) is 0 Å². The second-order valence-electron chi connectivity index (χ2n) is 11.2. The van der Waals surface area contributed by atoms with Crippen molar-refractivity contribution in [2.45, 2.75) is 148 Å². The molecule has 0 bridgehead atoms. The van der Waals surface area contributed by atoms with Gasteiger partial charge in [0.15, 0.2) is 0 Å². The van der Waals surface area contributed by atoms with Crippen LogP contribution >= 0.6 is 0 Å². The summed E-state index contributed by atoms with van der Waals surface area (Å²) < 4.78 is 0. The zero-order chi connectivity index (χ0) is 22.0. The van der Waals surface area contributed by atoms with Crippen molar-refractivity contribution in [1.29, 1.82) is 0 Å². The van der Waals surface area contributed by atoms with Gasteiger partial charge >= 0.3 is 0 Å². The van der Waals surface area contributed by atoms with Gasteiger partial charge in [0.2, 0.25) is 0 Å². The van der Waals surface area contributed by atoms with Crippen LogP contribution in [-0.2, 0) is 0 Å². The van der Waals surface area contributed by atoms with E-state index in [2.05, 4.69) is 20.8 Å². The van der Waals surface area contributed by atoms with Gasteiger partial charge in [-0.1, -0.05) is 91.4 Å². The van der Waals surface area contributed by atoms with E-state index in [1.165, 1.54) is 96.3 Å². The van der Waals surface area contributed by atoms with E-state index in [0.717, 1.165) is 19.3 Å². The summed E-state index contributed by atoms with van der Waals surface area (Å²) in [5, 5.41) is 11.3. The standard InChI is InChI=1S/C27H54N2O/c1-4-6-14-22(3)20-25(30)21-26(19-7-5-2,23-15-10-8-11-16-23)27(28,29)24-17-12-9-13-18-24/h22-25,30H,4-21,28-29H2,1-3H3. The van der Waals surface area contributed by atoms with E-state index < -0.39 is 5.66 Å². The molecule has 2 saturated carbocycles. The quantitative estimate of drug-likeness (QED) is 0.282. The maximum Gasteiger partial charge on any atom is 0.0727 e. The van der Waals surface area contributed by atoms with Crippen LogP contribution in [0.15, 0.2) is 0 Å². The van der Waals surface area contributed by atoms with E-state index in [1.807, 2.05) is 0 Å². The van der Waals surface area contributed by atoms with Crippen molar-refractivity contribution in [2.24, 2.45) is 34.6 Å². The number of hydrogen-bond acceptors (Lipinski definition) is 3. The van der Waals surface area contributed by atoms with Gasteiger partial charge in [-0.3, -0.25) is 0 Å². The molecule has 0 radical (unpaired) electrons. The molecule has 2 fully saturated rings. The van der Waals surface area contributed by atoms with E-state index in [0.29, 0.717) is 17.8 Å². The van der Waals surface area contributed by atoms with Crippen molar-refractivity contribution in [3.8, 4) is 0 Å². The molecular weight excluding hydrogens is 368 g/mol. The Kier molecular flexibility index (Phi) is 11.1. The first kappa shape index (κ1) is 26.1. The molecule has 2 rings (SSSR count). The average Bonchev–Trinajstić information content (AvgIpc) is 2.76. The lowest BCUT2D eigenvalue weighted by Crippen LogP contribution is -2.70. The summed E-state index contributed by atoms with van der Waals surface area (Å²) in [6, 6.07) is 0. The summed E-state index contributed by atoms with van der Waals surface area (Å²) in [5.41, 5.74) is 13.8. The minimum Gasteiger partial charge on any atom is -0.393 e. The summed E-state index contributed by atoms with van der Waals surface area (Å²) in [6.07, 6.45) is 21.3. The minimum absolute atomic E-state index is 0.116. The molecule has 0 spiro atoms. The van der Waals surface area contributed by atoms with Crippen LogP contribution in [0.3, 0.4) is 0 Å². The Labute approximate surface area is 188 Å². The summed E-state index contributed by atoms with van der Waals surface area (Å²) in [7, 11) is 0. The fourth-order valence-corrected chi connectivity index (χ4v) is 6.99. The highest BCUT2D eigenvalue weighted by Crippen LogP contribution is 2.54. The Morgan fingerprint density at radius 3 is 1.90 bits per heavy atom. The Hall–Kier alpha value is -0.120. The van der Waals surface area contributed by atoms with E-state index in [-0.39, 0.29) is 11.5 Å². The van der Waals surface area contributed by atoms with Gasteiger partial charge in [0.1, 0.15) is 0 Å². The molecule has 178 valence electrons. The molecule has 3 nitrogen and oxygen atoms in total. The molecule has 0 aromatic heterocycles. The SMILES string of the molecule is CCCCC(C)CC(O)CC(CCCC)(C1CCCCC1)C(N)(N)C1CCCCC1. The molecule has 5 N–H and O–H groups in total. The van der Waals surface area contributed by atoms with Gasteiger partial charge in [0.05, 0.1) is 11.8 Å². The van der Waals surface area contributed by atoms with Gasteiger partial charge in [-0.2, -0.15) is 0 Å². The Balaban J connectivity index is 2.29. The molecule has 0 aromatic carbocycles. The first-order valence-corrected chi connectivity index (χ1v) is 13.6. The minimum atomic E-state index is -0.655. The summed E-state index contributed by atoms with van der Waals surface area (Å²) in [5.74, 6) is 1.57. The maximum absolute atomic E-state index is 11.3. The number of nitrogens with two attached hydrogens (primary N) is 2. The zero-order valence-electron chi connectivity index (χ0n) is 20.6. The molecule has 30 heavy (non-hydrogen) atoms. The number of aliphatic hydroxyl groups is 1. The van der Waals surface area contributed by atoms with Crippen molar-refractivity contribution >= 4 is 0 Å². The van der Waals surface area contributed by atoms with Crippen LogP contribution in [0.5, 0.6) is 0 Å². The van der Waals surface area contributed by atoms with Gasteiger partial charge in [0.25, 0.3) is 0 Å². The number of aliphatic hydroxyl groups excluding tert-OH is 1. The Morgan fingerprint density at radius 1 is 0.833 bits per heavy atom. The third-order valence-electron chi connectivity index (χ3n) is 8.83. The highest BCUT2D eigenvalue weighted by Gasteiger charge is 2.54. The third-order valence-corrected chi connectivity index (χ3v) is 8.83. The third kappa shape index (κ3) is 6.69. The highest BCUT2D eigenvalue weighted by atomic mass is 16.3. The number of hydrogen-bond donors (Lipinski definition) is 3. The molecule has 3 atom stereocenters. The topological polar surface area (TPSA) is 72.3 Å². The highest BCUT2D eigenvalue weighted by molar-refractivity contribution is 5.07. The predicted octanol–water partition coefficient (Wildman–Crippen LogP) is 6.90. The summed E-state index contributed by atoms with van der Waals surface area (Å²) in [4.78, 5) is 0. The van der Waals surface area contributed by atoms with Crippen molar-refractivity contribution in [2.75, 3.05) is 0 Å². The van der Waals surface area contributed by atoms with Gasteiger partial charge in [-0.25, -0.2) is 0 Å². The van der Waals surface area contributed by atoms with Crippen molar-refractivity contribution in [3.05, 3.63) is 0 Å². The van der Waals surface area contributed by atoms with E-state index in [1.54, 1.807) is 0 Å². The number of rotatable bonds is 13. The van der Waals surface area contributed by atoms with Crippen molar-refractivity contribution < 1.29 is 5.11 Å². The van der Waals surface area contributed by atoms with Gasteiger partial charge in [0, 0.05) is 5.41 Å². The zero-order valence-corrected chi connectivity index (χ0v) is 20.6. The fraction of sp³-hybridized carbons (Fsp3) is 1.00. The molecule has 0 aromatic rings. The van der Waals surface area contributed by atoms with Crippen LogP contribution in [-0.4, -0.2) is 16.9 Å². The average molecular weight is 423 g/mol. The molecule has 0 heterocycles. The lowest BCUT2D eigenvalue weighted by Gasteiger charge is -2.57. The second kappa shape index (κ2) is 12.8. The normalized spacial score (nSPS) is 23.8. The smallest absolute Gasteiger partial charge is 0.0727 e. The van der Waals surface area contributed by atoms with Crippen molar-refractivity contribution in [1.82, 2.24) is 0 Å². The lowest BCUT2D eigenvalue weighted by atomic mass is 9.53. The van der Waals surface area contributed by atoms with Gasteiger partial charge in [-0.05, 0) is 62.7 Å². The molecule has 0 amide bonds. The van der Waals surface area contributed by atoms with Gasteiger partial charge in [-0.15, -0.1) is 0 Å². The monoisotopic (exact) mass is 422 g/mol.